The van der Waals surface area contributed by atoms with Crippen molar-refractivity contribution in [3.63, 3.8) is 0 Å². The minimum atomic E-state index is -0.419. The first-order valence-corrected chi connectivity index (χ1v) is 6.91. The first kappa shape index (κ1) is 12.7. The number of rotatable bonds is 2. The molecule has 2 aromatic carbocycles. The Morgan fingerprint density at radius 3 is 2.15 bits per heavy atom. The lowest BCUT2D eigenvalue weighted by atomic mass is 9.66. The normalized spacial score (nSPS) is 25.2. The van der Waals surface area contributed by atoms with Crippen LogP contribution in [0, 0.1) is 0 Å². The van der Waals surface area contributed by atoms with Gasteiger partial charge < -0.3 is 5.11 Å². The number of benzene rings is 2. The van der Waals surface area contributed by atoms with Crippen molar-refractivity contribution in [1.29, 1.82) is 0 Å². The van der Waals surface area contributed by atoms with E-state index >= 15 is 0 Å². The van der Waals surface area contributed by atoms with E-state index in [0.717, 1.165) is 5.56 Å². The lowest BCUT2D eigenvalue weighted by molar-refractivity contribution is 0.286. The molecule has 0 aromatic heterocycles. The maximum Gasteiger partial charge on any atom is 0.103 e. The number of hydrogen-bond acceptors (Lipinski definition) is 1. The average Bonchev–Trinajstić information content (AvgIpc) is 2.52. The van der Waals surface area contributed by atoms with Crippen LogP contribution in [-0.2, 0) is 5.41 Å². The topological polar surface area (TPSA) is 20.2 Å². The van der Waals surface area contributed by atoms with E-state index in [1.165, 1.54) is 5.56 Å². The highest BCUT2D eigenvalue weighted by atomic mass is 16.3. The second kappa shape index (κ2) is 5.01. The Morgan fingerprint density at radius 1 is 0.900 bits per heavy atom. The fourth-order valence-corrected chi connectivity index (χ4v) is 3.00. The fourth-order valence-electron chi connectivity index (χ4n) is 3.00. The Balaban J connectivity index is 2.14. The molecule has 0 fully saturated rings. The molecule has 100 valence electrons. The number of aliphatic hydroxyl groups excluding tert-OH is 1. The summed E-state index contributed by atoms with van der Waals surface area (Å²) in [6, 6.07) is 20.6. The van der Waals surface area contributed by atoms with Crippen molar-refractivity contribution in [2.45, 2.75) is 18.3 Å². The first-order valence-electron chi connectivity index (χ1n) is 6.91. The molecule has 0 heterocycles. The molecule has 0 aliphatic heterocycles. The van der Waals surface area contributed by atoms with Gasteiger partial charge in [0.2, 0.25) is 0 Å². The Labute approximate surface area is 119 Å². The van der Waals surface area contributed by atoms with Crippen molar-refractivity contribution in [3.8, 4) is 0 Å². The maximum atomic E-state index is 10.5. The van der Waals surface area contributed by atoms with Gasteiger partial charge in [-0.3, -0.25) is 0 Å². The van der Waals surface area contributed by atoms with Crippen LogP contribution in [-0.4, -0.2) is 5.11 Å². The molecular weight excluding hydrogens is 244 g/mol. The van der Waals surface area contributed by atoms with E-state index in [-0.39, 0.29) is 5.92 Å². The monoisotopic (exact) mass is 262 g/mol. The van der Waals surface area contributed by atoms with Crippen molar-refractivity contribution < 1.29 is 5.11 Å². The van der Waals surface area contributed by atoms with Gasteiger partial charge in [0.25, 0.3) is 0 Å². The van der Waals surface area contributed by atoms with Crippen LogP contribution < -0.4 is 0 Å². The van der Waals surface area contributed by atoms with Crippen LogP contribution in [0.4, 0.5) is 0 Å². The van der Waals surface area contributed by atoms with E-state index in [1.807, 2.05) is 42.5 Å². The van der Waals surface area contributed by atoms with Gasteiger partial charge in [-0.15, -0.1) is 0 Å². The van der Waals surface area contributed by atoms with Gasteiger partial charge in [0.1, 0.15) is 5.76 Å². The Hall–Kier alpha value is -2.28. The largest absolute Gasteiger partial charge is 0.511 e. The Bertz CT molecular complexity index is 640. The minimum absolute atomic E-state index is 0.135. The standard InChI is InChI=1S/C19H18O/c1-19(16-11-6-3-7-12-16)17(13-8-14-18(19)20)15-9-4-2-5-10-15/h2-14,17,20H,1H3. The highest BCUT2D eigenvalue weighted by molar-refractivity contribution is 5.46. The molecule has 1 aliphatic carbocycles. The van der Waals surface area contributed by atoms with Crippen molar-refractivity contribution in [2.75, 3.05) is 0 Å². The van der Waals surface area contributed by atoms with Crippen LogP contribution >= 0.6 is 0 Å². The summed E-state index contributed by atoms with van der Waals surface area (Å²) < 4.78 is 0. The molecule has 0 bridgehead atoms. The molecule has 1 nitrogen and oxygen atoms in total. The van der Waals surface area contributed by atoms with Crippen LogP contribution in [0.1, 0.15) is 24.0 Å². The molecule has 0 saturated carbocycles. The molecule has 0 radical (unpaired) electrons. The highest BCUT2D eigenvalue weighted by Crippen LogP contribution is 2.46. The Morgan fingerprint density at radius 2 is 1.50 bits per heavy atom. The van der Waals surface area contributed by atoms with E-state index in [1.54, 1.807) is 6.08 Å². The van der Waals surface area contributed by atoms with Gasteiger partial charge in [-0.05, 0) is 24.1 Å². The van der Waals surface area contributed by atoms with Crippen LogP contribution in [0.2, 0.25) is 0 Å². The molecular formula is C19H18O. The summed E-state index contributed by atoms with van der Waals surface area (Å²) in [4.78, 5) is 0. The first-order chi connectivity index (χ1) is 9.73. The molecule has 3 rings (SSSR count). The summed E-state index contributed by atoms with van der Waals surface area (Å²) in [6.07, 6.45) is 5.91. The number of hydrogen-bond donors (Lipinski definition) is 1. The smallest absolute Gasteiger partial charge is 0.103 e. The second-order valence-electron chi connectivity index (χ2n) is 5.39. The van der Waals surface area contributed by atoms with Crippen molar-refractivity contribution in [1.82, 2.24) is 0 Å². The molecule has 2 aromatic rings. The predicted octanol–water partition coefficient (Wildman–Crippen LogP) is 4.74. The second-order valence-corrected chi connectivity index (χ2v) is 5.39. The lowest BCUT2D eigenvalue weighted by Gasteiger charge is -2.38. The summed E-state index contributed by atoms with van der Waals surface area (Å²) in [7, 11) is 0. The molecule has 2 unspecified atom stereocenters. The molecule has 0 saturated heterocycles. The van der Waals surface area contributed by atoms with E-state index in [2.05, 4.69) is 37.3 Å². The summed E-state index contributed by atoms with van der Waals surface area (Å²) in [5.74, 6) is 0.552. The maximum absolute atomic E-state index is 10.5. The van der Waals surface area contributed by atoms with Gasteiger partial charge in [0.05, 0.1) is 5.41 Å². The molecule has 1 aliphatic rings. The third-order valence-corrected chi connectivity index (χ3v) is 4.24. The molecule has 0 amide bonds. The van der Waals surface area contributed by atoms with Gasteiger partial charge in [0.15, 0.2) is 0 Å². The van der Waals surface area contributed by atoms with Gasteiger partial charge in [-0.1, -0.05) is 72.8 Å². The minimum Gasteiger partial charge on any atom is -0.511 e. The van der Waals surface area contributed by atoms with Crippen LogP contribution in [0.15, 0.2) is 84.7 Å². The quantitative estimate of drug-likeness (QED) is 0.828. The van der Waals surface area contributed by atoms with E-state index in [4.69, 9.17) is 0 Å². The van der Waals surface area contributed by atoms with Crippen LogP contribution in [0.5, 0.6) is 0 Å². The summed E-state index contributed by atoms with van der Waals surface area (Å²) >= 11 is 0. The SMILES string of the molecule is CC1(c2ccccc2)C(O)=CC=CC1c1ccccc1. The van der Waals surface area contributed by atoms with Crippen molar-refractivity contribution >= 4 is 0 Å². The predicted molar refractivity (Wildman–Crippen MR) is 82.8 cm³/mol. The lowest BCUT2D eigenvalue weighted by Crippen LogP contribution is -2.33. The molecule has 0 spiro atoms. The van der Waals surface area contributed by atoms with E-state index in [0.29, 0.717) is 5.76 Å². The van der Waals surface area contributed by atoms with E-state index in [9.17, 15) is 5.11 Å². The fraction of sp³-hybridized carbons (Fsp3) is 0.158. The third kappa shape index (κ3) is 1.96. The number of aliphatic hydroxyl groups is 1. The van der Waals surface area contributed by atoms with Crippen molar-refractivity contribution in [2.24, 2.45) is 0 Å². The highest BCUT2D eigenvalue weighted by Gasteiger charge is 2.40. The molecule has 2 atom stereocenters. The van der Waals surface area contributed by atoms with Gasteiger partial charge in [-0.2, -0.15) is 0 Å². The van der Waals surface area contributed by atoms with Gasteiger partial charge >= 0.3 is 0 Å². The molecule has 1 N–H and O–H groups in total. The summed E-state index contributed by atoms with van der Waals surface area (Å²) in [5, 5.41) is 10.5. The van der Waals surface area contributed by atoms with Crippen molar-refractivity contribution in [3.05, 3.63) is 95.8 Å². The van der Waals surface area contributed by atoms with Crippen LogP contribution in [0.25, 0.3) is 0 Å². The van der Waals surface area contributed by atoms with Gasteiger partial charge in [0, 0.05) is 5.92 Å². The third-order valence-electron chi connectivity index (χ3n) is 4.24. The summed E-state index contributed by atoms with van der Waals surface area (Å²) in [6.45, 7) is 2.11. The van der Waals surface area contributed by atoms with Crippen LogP contribution in [0.3, 0.4) is 0 Å². The summed E-state index contributed by atoms with van der Waals surface area (Å²) in [5.41, 5.74) is 1.93. The zero-order chi connectivity index (χ0) is 14.0. The molecule has 20 heavy (non-hydrogen) atoms. The zero-order valence-electron chi connectivity index (χ0n) is 11.5. The average molecular weight is 262 g/mol. The Kier molecular flexibility index (Phi) is 3.19. The molecule has 1 heteroatoms. The zero-order valence-corrected chi connectivity index (χ0v) is 11.5. The number of allylic oxidation sites excluding steroid dienone is 4. The van der Waals surface area contributed by atoms with Gasteiger partial charge in [-0.25, -0.2) is 0 Å². The van der Waals surface area contributed by atoms with E-state index < -0.39 is 5.41 Å².